The summed E-state index contributed by atoms with van der Waals surface area (Å²) in [6, 6.07) is 1.97. The lowest BCUT2D eigenvalue weighted by Crippen LogP contribution is -2.25. The average molecular weight is 298 g/mol. The van der Waals surface area contributed by atoms with Crippen LogP contribution in [0.3, 0.4) is 0 Å². The van der Waals surface area contributed by atoms with Crippen LogP contribution < -0.4 is 5.32 Å². The third-order valence-electron chi connectivity index (χ3n) is 3.11. The summed E-state index contributed by atoms with van der Waals surface area (Å²) >= 11 is 6.32. The Hall–Kier alpha value is -1.30. The van der Waals surface area contributed by atoms with Crippen molar-refractivity contribution in [3.8, 4) is 0 Å². The van der Waals surface area contributed by atoms with Crippen molar-refractivity contribution >= 4 is 11.6 Å². The van der Waals surface area contributed by atoms with Gasteiger partial charge in [-0.2, -0.15) is 5.10 Å². The van der Waals surface area contributed by atoms with Crippen molar-refractivity contribution in [3.05, 3.63) is 40.6 Å². The number of aromatic nitrogens is 2. The van der Waals surface area contributed by atoms with E-state index in [2.05, 4.69) is 17.3 Å². The van der Waals surface area contributed by atoms with Gasteiger partial charge in [-0.1, -0.05) is 18.5 Å². The van der Waals surface area contributed by atoms with Crippen LogP contribution in [-0.2, 0) is 11.3 Å². The number of aryl methyl sites for hydroxylation is 1. The summed E-state index contributed by atoms with van der Waals surface area (Å²) < 4.78 is 12.4. The molecule has 0 bridgehead atoms. The van der Waals surface area contributed by atoms with Crippen molar-refractivity contribution in [2.75, 3.05) is 20.3 Å². The van der Waals surface area contributed by atoms with Crippen LogP contribution in [0.15, 0.2) is 22.9 Å². The minimum atomic E-state index is -0.0377. The summed E-state index contributed by atoms with van der Waals surface area (Å²) in [4.78, 5) is 0. The first kappa shape index (κ1) is 15.1. The normalized spacial score (nSPS) is 12.8. The number of hydrogen-bond acceptors (Lipinski definition) is 4. The standard InChI is InChI=1S/C14H20ClN3O2/c1-4-16-13(11-7-10(2)20-9-11)14-12(15)8-17-18(14)5-6-19-3/h7-9,13,16H,4-6H2,1-3H3. The van der Waals surface area contributed by atoms with Crippen molar-refractivity contribution in [2.24, 2.45) is 0 Å². The van der Waals surface area contributed by atoms with E-state index < -0.39 is 0 Å². The maximum atomic E-state index is 6.32. The van der Waals surface area contributed by atoms with Crippen molar-refractivity contribution in [3.63, 3.8) is 0 Å². The number of nitrogens with one attached hydrogen (secondary N) is 1. The Balaban J connectivity index is 2.35. The molecule has 0 amide bonds. The molecule has 6 heteroatoms. The first-order valence-corrected chi connectivity index (χ1v) is 7.03. The fourth-order valence-electron chi connectivity index (χ4n) is 2.21. The van der Waals surface area contributed by atoms with Gasteiger partial charge in [0.15, 0.2) is 0 Å². The third kappa shape index (κ3) is 3.23. The van der Waals surface area contributed by atoms with Crippen LogP contribution in [0.25, 0.3) is 0 Å². The largest absolute Gasteiger partial charge is 0.469 e. The molecule has 1 N–H and O–H groups in total. The molecule has 0 aliphatic carbocycles. The highest BCUT2D eigenvalue weighted by molar-refractivity contribution is 6.31. The quantitative estimate of drug-likeness (QED) is 0.854. The number of ether oxygens (including phenoxy) is 1. The van der Waals surface area contributed by atoms with E-state index in [-0.39, 0.29) is 6.04 Å². The van der Waals surface area contributed by atoms with Gasteiger partial charge in [0.2, 0.25) is 0 Å². The van der Waals surface area contributed by atoms with Gasteiger partial charge in [-0.05, 0) is 19.5 Å². The maximum absolute atomic E-state index is 6.32. The average Bonchev–Trinajstić information content (AvgIpc) is 3.01. The first-order valence-electron chi connectivity index (χ1n) is 6.66. The molecule has 2 rings (SSSR count). The molecule has 0 spiro atoms. The van der Waals surface area contributed by atoms with Crippen LogP contribution >= 0.6 is 11.6 Å². The van der Waals surface area contributed by atoms with E-state index in [1.807, 2.05) is 17.7 Å². The predicted molar refractivity (Wildman–Crippen MR) is 78.1 cm³/mol. The second-order valence-corrected chi connectivity index (χ2v) is 4.98. The van der Waals surface area contributed by atoms with E-state index in [0.717, 1.165) is 23.6 Å². The van der Waals surface area contributed by atoms with E-state index in [9.17, 15) is 0 Å². The van der Waals surface area contributed by atoms with Gasteiger partial charge in [0, 0.05) is 12.7 Å². The second-order valence-electron chi connectivity index (χ2n) is 4.58. The number of halogens is 1. The van der Waals surface area contributed by atoms with Gasteiger partial charge in [0.25, 0.3) is 0 Å². The summed E-state index contributed by atoms with van der Waals surface area (Å²) in [5, 5.41) is 8.39. The number of furan rings is 1. The lowest BCUT2D eigenvalue weighted by Gasteiger charge is -2.18. The molecule has 110 valence electrons. The van der Waals surface area contributed by atoms with Gasteiger partial charge < -0.3 is 14.5 Å². The highest BCUT2D eigenvalue weighted by Gasteiger charge is 2.22. The Morgan fingerprint density at radius 2 is 2.35 bits per heavy atom. The molecule has 1 atom stereocenters. The van der Waals surface area contributed by atoms with Crippen LogP contribution in [0.5, 0.6) is 0 Å². The monoisotopic (exact) mass is 297 g/mol. The van der Waals surface area contributed by atoms with Crippen molar-refractivity contribution in [1.29, 1.82) is 0 Å². The molecule has 2 heterocycles. The molecule has 20 heavy (non-hydrogen) atoms. The molecule has 2 aromatic heterocycles. The third-order valence-corrected chi connectivity index (χ3v) is 3.40. The summed E-state index contributed by atoms with van der Waals surface area (Å²) in [6.07, 6.45) is 3.43. The van der Waals surface area contributed by atoms with Gasteiger partial charge in [-0.3, -0.25) is 4.68 Å². The Morgan fingerprint density at radius 3 is 2.95 bits per heavy atom. The van der Waals surface area contributed by atoms with Gasteiger partial charge in [-0.15, -0.1) is 0 Å². The summed E-state index contributed by atoms with van der Waals surface area (Å²) in [5.41, 5.74) is 1.98. The minimum Gasteiger partial charge on any atom is -0.469 e. The van der Waals surface area contributed by atoms with E-state index in [0.29, 0.717) is 18.2 Å². The molecule has 0 aromatic carbocycles. The van der Waals surface area contributed by atoms with E-state index >= 15 is 0 Å². The molecule has 0 saturated heterocycles. The van der Waals surface area contributed by atoms with Crippen LogP contribution in [0, 0.1) is 6.92 Å². The van der Waals surface area contributed by atoms with Crippen molar-refractivity contribution in [1.82, 2.24) is 15.1 Å². The SMILES string of the molecule is CCNC(c1coc(C)c1)c1c(Cl)cnn1CCOC. The van der Waals surface area contributed by atoms with Gasteiger partial charge in [-0.25, -0.2) is 0 Å². The van der Waals surface area contributed by atoms with Crippen molar-refractivity contribution in [2.45, 2.75) is 26.4 Å². The lowest BCUT2D eigenvalue weighted by molar-refractivity contribution is 0.182. The van der Waals surface area contributed by atoms with Gasteiger partial charge in [0.1, 0.15) is 5.76 Å². The Labute approximate surface area is 123 Å². The van der Waals surface area contributed by atoms with Gasteiger partial charge >= 0.3 is 0 Å². The minimum absolute atomic E-state index is 0.0377. The fourth-order valence-corrected chi connectivity index (χ4v) is 2.46. The molecule has 5 nitrogen and oxygen atoms in total. The predicted octanol–water partition coefficient (Wildman–Crippen LogP) is 2.78. The molecule has 0 fully saturated rings. The number of nitrogens with zero attached hydrogens (tertiary/aromatic N) is 2. The molecule has 1 unspecified atom stereocenters. The first-order chi connectivity index (χ1) is 9.67. The Morgan fingerprint density at radius 1 is 1.55 bits per heavy atom. The van der Waals surface area contributed by atoms with E-state index in [1.54, 1.807) is 19.6 Å². The van der Waals surface area contributed by atoms with Crippen LogP contribution in [-0.4, -0.2) is 30.0 Å². The smallest absolute Gasteiger partial charge is 0.101 e. The van der Waals surface area contributed by atoms with E-state index in [1.165, 1.54) is 0 Å². The Kier molecular flexibility index (Phi) is 5.23. The number of methoxy groups -OCH3 is 1. The Bertz CT molecular complexity index is 550. The molecular formula is C14H20ClN3O2. The second kappa shape index (κ2) is 6.92. The summed E-state index contributed by atoms with van der Waals surface area (Å²) in [6.45, 7) is 6.06. The molecule has 0 radical (unpaired) electrons. The topological polar surface area (TPSA) is 52.2 Å². The highest BCUT2D eigenvalue weighted by Crippen LogP contribution is 2.29. The number of hydrogen-bond donors (Lipinski definition) is 1. The summed E-state index contributed by atoms with van der Waals surface area (Å²) in [5.74, 6) is 0.877. The molecule has 0 saturated carbocycles. The highest BCUT2D eigenvalue weighted by atomic mass is 35.5. The van der Waals surface area contributed by atoms with Crippen LogP contribution in [0.1, 0.15) is 30.0 Å². The summed E-state index contributed by atoms with van der Waals surface area (Å²) in [7, 11) is 1.67. The van der Waals surface area contributed by atoms with Crippen LogP contribution in [0.2, 0.25) is 5.02 Å². The zero-order valence-electron chi connectivity index (χ0n) is 12.0. The van der Waals surface area contributed by atoms with Gasteiger partial charge in [0.05, 0.1) is 42.4 Å². The zero-order valence-corrected chi connectivity index (χ0v) is 12.8. The zero-order chi connectivity index (χ0) is 14.5. The molecular weight excluding hydrogens is 278 g/mol. The maximum Gasteiger partial charge on any atom is 0.101 e. The van der Waals surface area contributed by atoms with Crippen LogP contribution in [0.4, 0.5) is 0 Å². The molecule has 0 aliphatic rings. The lowest BCUT2D eigenvalue weighted by atomic mass is 10.1. The molecule has 2 aromatic rings. The van der Waals surface area contributed by atoms with E-state index in [4.69, 9.17) is 20.8 Å². The number of rotatable bonds is 7. The fraction of sp³-hybridized carbons (Fsp3) is 0.500. The molecule has 0 aliphatic heterocycles. The van der Waals surface area contributed by atoms with Crippen molar-refractivity contribution < 1.29 is 9.15 Å².